The number of carboxylic acids is 2. The van der Waals surface area contributed by atoms with Gasteiger partial charge in [0, 0.05) is 6.54 Å². The summed E-state index contributed by atoms with van der Waals surface area (Å²) in [6.45, 7) is 2.26. The first-order valence-electron chi connectivity index (χ1n) is 6.46. The zero-order valence-corrected chi connectivity index (χ0v) is 11.9. The number of ether oxygens (including phenoxy) is 1. The molecule has 0 amide bonds. The van der Waals surface area contributed by atoms with Gasteiger partial charge >= 0.3 is 11.9 Å². The van der Waals surface area contributed by atoms with E-state index in [1.165, 1.54) is 25.3 Å². The Labute approximate surface area is 122 Å². The van der Waals surface area contributed by atoms with Crippen molar-refractivity contribution in [1.82, 2.24) is 4.90 Å². The van der Waals surface area contributed by atoms with Gasteiger partial charge in [0.1, 0.15) is 6.04 Å². The number of hydrogen-bond acceptors (Lipinski definition) is 5. The first-order valence-corrected chi connectivity index (χ1v) is 6.46. The van der Waals surface area contributed by atoms with Gasteiger partial charge in [-0.05, 0) is 24.2 Å². The Morgan fingerprint density at radius 2 is 2.00 bits per heavy atom. The summed E-state index contributed by atoms with van der Waals surface area (Å²) >= 11 is 0. The van der Waals surface area contributed by atoms with Crippen LogP contribution in [-0.4, -0.2) is 52.4 Å². The minimum absolute atomic E-state index is 0.0843. The monoisotopic (exact) mass is 297 g/mol. The molecule has 7 heteroatoms. The van der Waals surface area contributed by atoms with Crippen molar-refractivity contribution in [3.63, 3.8) is 0 Å². The van der Waals surface area contributed by atoms with Crippen molar-refractivity contribution in [3.8, 4) is 11.5 Å². The van der Waals surface area contributed by atoms with Crippen LogP contribution in [0.25, 0.3) is 0 Å². The van der Waals surface area contributed by atoms with Crippen molar-refractivity contribution in [2.24, 2.45) is 0 Å². The highest BCUT2D eigenvalue weighted by Gasteiger charge is 2.27. The number of benzene rings is 1. The standard InChI is InChI=1S/C14H19NO6/c1-3-15(7-6-12(17)18)13(14(19)20)9-4-5-10(16)11(8-9)21-2/h4-5,8,13,16H,3,6-7H2,1-2H3,(H,17,18)(H,19,20). The fourth-order valence-corrected chi connectivity index (χ4v) is 2.08. The van der Waals surface area contributed by atoms with Gasteiger partial charge in [-0.2, -0.15) is 0 Å². The summed E-state index contributed by atoms with van der Waals surface area (Å²) in [7, 11) is 1.37. The fourth-order valence-electron chi connectivity index (χ4n) is 2.08. The zero-order valence-electron chi connectivity index (χ0n) is 11.9. The number of carboxylic acid groups (broad SMARTS) is 2. The van der Waals surface area contributed by atoms with Crippen molar-refractivity contribution >= 4 is 11.9 Å². The molecule has 0 radical (unpaired) electrons. The highest BCUT2D eigenvalue weighted by atomic mass is 16.5. The lowest BCUT2D eigenvalue weighted by Gasteiger charge is -2.27. The third-order valence-corrected chi connectivity index (χ3v) is 3.14. The van der Waals surface area contributed by atoms with Gasteiger partial charge in [-0.1, -0.05) is 13.0 Å². The number of phenolic OH excluding ortho intramolecular Hbond substituents is 1. The molecule has 0 spiro atoms. The highest BCUT2D eigenvalue weighted by molar-refractivity contribution is 5.76. The van der Waals surface area contributed by atoms with Gasteiger partial charge in [0.15, 0.2) is 11.5 Å². The Bertz CT molecular complexity index is 516. The largest absolute Gasteiger partial charge is 0.504 e. The molecule has 1 unspecified atom stereocenters. The SMILES string of the molecule is CCN(CCC(=O)O)C(C(=O)O)c1ccc(O)c(OC)c1. The van der Waals surface area contributed by atoms with E-state index in [4.69, 9.17) is 9.84 Å². The number of nitrogens with zero attached hydrogens (tertiary/aromatic N) is 1. The maximum Gasteiger partial charge on any atom is 0.325 e. The summed E-state index contributed by atoms with van der Waals surface area (Å²) in [5.74, 6) is -1.98. The molecule has 1 rings (SSSR count). The number of aliphatic carboxylic acids is 2. The smallest absolute Gasteiger partial charge is 0.325 e. The molecular weight excluding hydrogens is 278 g/mol. The van der Waals surface area contributed by atoms with Crippen LogP contribution in [0.15, 0.2) is 18.2 Å². The van der Waals surface area contributed by atoms with Crippen molar-refractivity contribution in [1.29, 1.82) is 0 Å². The van der Waals surface area contributed by atoms with Crippen LogP contribution in [0.2, 0.25) is 0 Å². The molecule has 0 saturated heterocycles. The Morgan fingerprint density at radius 1 is 1.33 bits per heavy atom. The summed E-state index contributed by atoms with van der Waals surface area (Å²) in [6.07, 6.45) is -0.146. The van der Waals surface area contributed by atoms with Crippen molar-refractivity contribution in [3.05, 3.63) is 23.8 Å². The van der Waals surface area contributed by atoms with E-state index in [2.05, 4.69) is 0 Å². The Hall–Kier alpha value is -2.28. The minimum atomic E-state index is -1.09. The number of aromatic hydroxyl groups is 1. The summed E-state index contributed by atoms with van der Waals surface area (Å²) in [6, 6.07) is 3.29. The maximum atomic E-state index is 11.5. The van der Waals surface area contributed by atoms with Gasteiger partial charge in [-0.25, -0.2) is 0 Å². The molecule has 21 heavy (non-hydrogen) atoms. The van der Waals surface area contributed by atoms with Gasteiger partial charge in [-0.15, -0.1) is 0 Å². The zero-order chi connectivity index (χ0) is 16.0. The van der Waals surface area contributed by atoms with Crippen LogP contribution in [-0.2, 0) is 9.59 Å². The second-order valence-corrected chi connectivity index (χ2v) is 4.44. The van der Waals surface area contributed by atoms with E-state index in [-0.39, 0.29) is 24.5 Å². The molecule has 0 heterocycles. The molecule has 0 aliphatic heterocycles. The van der Waals surface area contributed by atoms with E-state index >= 15 is 0 Å². The van der Waals surface area contributed by atoms with E-state index in [1.54, 1.807) is 11.8 Å². The molecule has 1 atom stereocenters. The lowest BCUT2D eigenvalue weighted by atomic mass is 10.0. The van der Waals surface area contributed by atoms with Gasteiger partial charge in [0.05, 0.1) is 13.5 Å². The molecule has 0 aromatic heterocycles. The summed E-state index contributed by atoms with van der Waals surface area (Å²) in [4.78, 5) is 23.7. The van der Waals surface area contributed by atoms with Crippen LogP contribution in [0.5, 0.6) is 11.5 Å². The summed E-state index contributed by atoms with van der Waals surface area (Å²) in [5, 5.41) is 27.7. The third kappa shape index (κ3) is 4.35. The number of likely N-dealkylation sites (N-methyl/N-ethyl adjacent to an activating group) is 1. The highest BCUT2D eigenvalue weighted by Crippen LogP contribution is 2.31. The minimum Gasteiger partial charge on any atom is -0.504 e. The van der Waals surface area contributed by atoms with Gasteiger partial charge in [0.25, 0.3) is 0 Å². The predicted octanol–water partition coefficient (Wildman–Crippen LogP) is 1.32. The van der Waals surface area contributed by atoms with Crippen molar-refractivity contribution < 1.29 is 29.6 Å². The summed E-state index contributed by atoms with van der Waals surface area (Å²) in [5.41, 5.74) is 0.421. The van der Waals surface area contributed by atoms with Crippen LogP contribution in [0, 0.1) is 0 Å². The second-order valence-electron chi connectivity index (χ2n) is 4.44. The molecule has 116 valence electrons. The van der Waals surface area contributed by atoms with E-state index in [9.17, 15) is 19.8 Å². The molecular formula is C14H19NO6. The molecule has 0 fully saturated rings. The molecule has 1 aromatic rings. The molecule has 0 aliphatic rings. The average molecular weight is 297 g/mol. The van der Waals surface area contributed by atoms with Gasteiger partial charge in [-0.3, -0.25) is 14.5 Å². The summed E-state index contributed by atoms with van der Waals surface area (Å²) < 4.78 is 4.97. The van der Waals surface area contributed by atoms with Crippen molar-refractivity contribution in [2.75, 3.05) is 20.2 Å². The first kappa shape index (κ1) is 16.8. The Morgan fingerprint density at radius 3 is 2.48 bits per heavy atom. The maximum absolute atomic E-state index is 11.5. The van der Waals surface area contributed by atoms with E-state index in [1.807, 2.05) is 0 Å². The molecule has 0 saturated carbocycles. The molecule has 7 nitrogen and oxygen atoms in total. The number of methoxy groups -OCH3 is 1. The Balaban J connectivity index is 3.09. The van der Waals surface area contributed by atoms with E-state index in [0.29, 0.717) is 12.1 Å². The number of phenols is 1. The predicted molar refractivity (Wildman–Crippen MR) is 74.5 cm³/mol. The van der Waals surface area contributed by atoms with Crippen LogP contribution in [0.4, 0.5) is 0 Å². The lowest BCUT2D eigenvalue weighted by Crippen LogP contribution is -2.35. The first-order chi connectivity index (χ1) is 9.90. The number of hydrogen-bond donors (Lipinski definition) is 3. The van der Waals surface area contributed by atoms with E-state index in [0.717, 1.165) is 0 Å². The molecule has 3 N–H and O–H groups in total. The normalized spacial score (nSPS) is 12.1. The molecule has 0 aliphatic carbocycles. The Kier molecular flexibility index (Phi) is 5.98. The second kappa shape index (κ2) is 7.49. The fraction of sp³-hybridized carbons (Fsp3) is 0.429. The van der Waals surface area contributed by atoms with Crippen LogP contribution < -0.4 is 4.74 Å². The van der Waals surface area contributed by atoms with E-state index < -0.39 is 18.0 Å². The van der Waals surface area contributed by atoms with Crippen LogP contribution >= 0.6 is 0 Å². The van der Waals surface area contributed by atoms with Crippen LogP contribution in [0.1, 0.15) is 24.9 Å². The number of carbonyl (C=O) groups is 2. The average Bonchev–Trinajstić information content (AvgIpc) is 2.43. The van der Waals surface area contributed by atoms with Crippen LogP contribution in [0.3, 0.4) is 0 Å². The van der Waals surface area contributed by atoms with Gasteiger partial charge < -0.3 is 20.1 Å². The molecule has 0 bridgehead atoms. The lowest BCUT2D eigenvalue weighted by molar-refractivity contribution is -0.145. The number of rotatable bonds is 8. The quantitative estimate of drug-likeness (QED) is 0.664. The van der Waals surface area contributed by atoms with Crippen molar-refractivity contribution in [2.45, 2.75) is 19.4 Å². The molecule has 1 aromatic carbocycles. The third-order valence-electron chi connectivity index (χ3n) is 3.14. The topological polar surface area (TPSA) is 107 Å². The van der Waals surface area contributed by atoms with Gasteiger partial charge in [0.2, 0.25) is 0 Å².